The van der Waals surface area contributed by atoms with Crippen LogP contribution in [0.2, 0.25) is 0 Å². The number of ether oxygens (including phenoxy) is 1. The summed E-state index contributed by atoms with van der Waals surface area (Å²) in [6.45, 7) is 0. The highest BCUT2D eigenvalue weighted by atomic mass is 16.6. The molecule has 0 radical (unpaired) electrons. The molecule has 4 aliphatic carbocycles. The molecule has 1 aromatic heterocycles. The number of aromatic amines is 1. The van der Waals surface area contributed by atoms with Crippen LogP contribution in [0.4, 0.5) is 10.6 Å². The maximum Gasteiger partial charge on any atom is 0.407 e. The van der Waals surface area contributed by atoms with Crippen LogP contribution in [0.5, 0.6) is 0 Å². The maximum absolute atomic E-state index is 12.0. The van der Waals surface area contributed by atoms with E-state index in [0.29, 0.717) is 5.92 Å². The van der Waals surface area contributed by atoms with Gasteiger partial charge in [-0.25, -0.2) is 4.79 Å². The summed E-state index contributed by atoms with van der Waals surface area (Å²) in [5.41, 5.74) is 1.23. The van der Waals surface area contributed by atoms with Gasteiger partial charge in [0.1, 0.15) is 11.9 Å². The van der Waals surface area contributed by atoms with Gasteiger partial charge in [-0.1, -0.05) is 0 Å². The second-order valence-corrected chi connectivity index (χ2v) is 6.88. The molecule has 1 aromatic rings. The lowest BCUT2D eigenvalue weighted by atomic mass is 9.50. The monoisotopic (exact) mass is 290 g/mol. The molecule has 4 saturated carbocycles. The molecule has 6 heteroatoms. The minimum Gasteiger partial charge on any atom is -0.446 e. The van der Waals surface area contributed by atoms with Crippen molar-refractivity contribution in [1.82, 2.24) is 15.5 Å². The second-order valence-electron chi connectivity index (χ2n) is 6.88. The number of rotatable bonds is 4. The smallest absolute Gasteiger partial charge is 0.407 e. The summed E-state index contributed by atoms with van der Waals surface area (Å²) < 4.78 is 5.59. The van der Waals surface area contributed by atoms with Gasteiger partial charge in [-0.05, 0) is 44.4 Å². The number of nitrogens with zero attached hydrogens (tertiary/aromatic N) is 1. The highest BCUT2D eigenvalue weighted by molar-refractivity contribution is 5.69. The van der Waals surface area contributed by atoms with Gasteiger partial charge in [0, 0.05) is 30.3 Å². The van der Waals surface area contributed by atoms with E-state index in [1.807, 2.05) is 13.1 Å². The van der Waals surface area contributed by atoms with Crippen LogP contribution in [-0.2, 0) is 4.74 Å². The normalized spacial score (nSPS) is 36.5. The van der Waals surface area contributed by atoms with Crippen LogP contribution in [0.15, 0.2) is 6.07 Å². The Hall–Kier alpha value is -1.72. The average Bonchev–Trinajstić information content (AvgIpc) is 3.00. The Morgan fingerprint density at radius 3 is 2.86 bits per heavy atom. The first kappa shape index (κ1) is 13.0. The van der Waals surface area contributed by atoms with E-state index in [9.17, 15) is 4.79 Å². The van der Waals surface area contributed by atoms with Crippen molar-refractivity contribution < 1.29 is 9.53 Å². The largest absolute Gasteiger partial charge is 0.446 e. The standard InChI is InChI=1S/C15H22N4O2/c1-16-13-5-12(18-19-13)10-2-3-11(4-10)21-14(20)17-15-6-9(7-15)8-15/h5,9-11H,2-4,6-8H2,1H3,(H,17,20)(H2,16,18,19). The molecule has 5 rings (SSSR count). The molecular weight excluding hydrogens is 268 g/mol. The predicted molar refractivity (Wildman–Crippen MR) is 78.2 cm³/mol. The van der Waals surface area contributed by atoms with Gasteiger partial charge in [0.25, 0.3) is 0 Å². The van der Waals surface area contributed by atoms with Crippen LogP contribution in [0.3, 0.4) is 0 Å². The predicted octanol–water partition coefficient (Wildman–Crippen LogP) is 2.37. The Morgan fingerprint density at radius 1 is 1.43 bits per heavy atom. The molecule has 1 heterocycles. The summed E-state index contributed by atoms with van der Waals surface area (Å²) in [5.74, 6) is 2.13. The second kappa shape index (κ2) is 4.64. The lowest BCUT2D eigenvalue weighted by Crippen LogP contribution is -2.68. The number of alkyl carbamates (subject to hydrolysis) is 1. The average molecular weight is 290 g/mol. The van der Waals surface area contributed by atoms with Crippen LogP contribution in [0, 0.1) is 5.92 Å². The molecule has 2 atom stereocenters. The molecule has 0 aliphatic heterocycles. The zero-order valence-corrected chi connectivity index (χ0v) is 12.3. The molecule has 1 amide bonds. The van der Waals surface area contributed by atoms with Crippen molar-refractivity contribution in [3.8, 4) is 0 Å². The molecule has 4 fully saturated rings. The third-order valence-corrected chi connectivity index (χ3v) is 5.36. The zero-order valence-electron chi connectivity index (χ0n) is 12.3. The number of hydrogen-bond acceptors (Lipinski definition) is 4. The lowest BCUT2D eigenvalue weighted by molar-refractivity contribution is -0.0506. The molecular formula is C15H22N4O2. The van der Waals surface area contributed by atoms with Crippen molar-refractivity contribution in [3.05, 3.63) is 11.8 Å². The Kier molecular flexibility index (Phi) is 2.87. The highest BCUT2D eigenvalue weighted by Crippen LogP contribution is 2.56. The van der Waals surface area contributed by atoms with Crippen molar-refractivity contribution in [2.24, 2.45) is 5.92 Å². The fourth-order valence-corrected chi connectivity index (χ4v) is 4.03. The van der Waals surface area contributed by atoms with E-state index in [-0.39, 0.29) is 17.7 Å². The SMILES string of the molecule is CNc1cc(C2CCC(OC(=O)NC34CC(C3)C4)C2)[nH]n1. The molecule has 21 heavy (non-hydrogen) atoms. The van der Waals surface area contributed by atoms with Gasteiger partial charge >= 0.3 is 6.09 Å². The van der Waals surface area contributed by atoms with Crippen molar-refractivity contribution in [2.75, 3.05) is 12.4 Å². The van der Waals surface area contributed by atoms with Crippen molar-refractivity contribution in [2.45, 2.75) is 56.1 Å². The molecule has 6 nitrogen and oxygen atoms in total. The molecule has 114 valence electrons. The topological polar surface area (TPSA) is 79.0 Å². The van der Waals surface area contributed by atoms with Crippen molar-refractivity contribution in [1.29, 1.82) is 0 Å². The molecule has 3 N–H and O–H groups in total. The minimum absolute atomic E-state index is 0.0312. The fraction of sp³-hybridized carbons (Fsp3) is 0.733. The van der Waals surface area contributed by atoms with Gasteiger partial charge in [0.05, 0.1) is 0 Å². The van der Waals surface area contributed by atoms with Gasteiger partial charge in [0.15, 0.2) is 0 Å². The van der Waals surface area contributed by atoms with E-state index in [2.05, 4.69) is 20.8 Å². The van der Waals surface area contributed by atoms with E-state index in [4.69, 9.17) is 4.74 Å². The van der Waals surface area contributed by atoms with E-state index >= 15 is 0 Å². The summed E-state index contributed by atoms with van der Waals surface area (Å²) in [4.78, 5) is 12.0. The summed E-state index contributed by atoms with van der Waals surface area (Å²) in [7, 11) is 1.86. The highest BCUT2D eigenvalue weighted by Gasteiger charge is 2.57. The van der Waals surface area contributed by atoms with Crippen LogP contribution in [-0.4, -0.2) is 35.0 Å². The van der Waals surface area contributed by atoms with E-state index in [0.717, 1.165) is 56.0 Å². The molecule has 0 saturated heterocycles. The first-order valence-corrected chi connectivity index (χ1v) is 7.88. The van der Waals surface area contributed by atoms with Crippen LogP contribution in [0.25, 0.3) is 0 Å². The minimum atomic E-state index is -0.223. The van der Waals surface area contributed by atoms with Crippen LogP contribution < -0.4 is 10.6 Å². The lowest BCUT2D eigenvalue weighted by Gasteiger charge is -2.61. The Balaban J connectivity index is 1.28. The van der Waals surface area contributed by atoms with Crippen LogP contribution >= 0.6 is 0 Å². The van der Waals surface area contributed by atoms with E-state index in [1.165, 1.54) is 0 Å². The third kappa shape index (κ3) is 2.26. The Morgan fingerprint density at radius 2 is 2.24 bits per heavy atom. The van der Waals surface area contributed by atoms with E-state index in [1.54, 1.807) is 0 Å². The number of amides is 1. The fourth-order valence-electron chi connectivity index (χ4n) is 4.03. The molecule has 2 bridgehead atoms. The van der Waals surface area contributed by atoms with Gasteiger partial charge in [-0.2, -0.15) is 5.10 Å². The number of anilines is 1. The van der Waals surface area contributed by atoms with Crippen molar-refractivity contribution >= 4 is 11.9 Å². The number of H-pyrrole nitrogens is 1. The third-order valence-electron chi connectivity index (χ3n) is 5.36. The zero-order chi connectivity index (χ0) is 14.4. The molecule has 4 aliphatic rings. The van der Waals surface area contributed by atoms with Crippen molar-refractivity contribution in [3.63, 3.8) is 0 Å². The Labute approximate surface area is 124 Å². The van der Waals surface area contributed by atoms with Gasteiger partial charge in [-0.15, -0.1) is 0 Å². The number of carbonyl (C=O) groups excluding carboxylic acids is 1. The molecule has 2 unspecified atom stereocenters. The summed E-state index contributed by atoms with van der Waals surface area (Å²) >= 11 is 0. The summed E-state index contributed by atoms with van der Waals surface area (Å²) in [6, 6.07) is 2.04. The van der Waals surface area contributed by atoms with Crippen LogP contribution in [0.1, 0.15) is 50.1 Å². The number of nitrogens with one attached hydrogen (secondary N) is 3. The first-order valence-electron chi connectivity index (χ1n) is 7.88. The number of aromatic nitrogens is 2. The first-order chi connectivity index (χ1) is 10.2. The summed E-state index contributed by atoms with van der Waals surface area (Å²) in [5, 5.41) is 13.3. The number of hydrogen-bond donors (Lipinski definition) is 3. The van der Waals surface area contributed by atoms with Gasteiger partial charge < -0.3 is 15.4 Å². The number of carbonyl (C=O) groups is 1. The quantitative estimate of drug-likeness (QED) is 0.795. The molecule has 0 spiro atoms. The van der Waals surface area contributed by atoms with Gasteiger partial charge in [-0.3, -0.25) is 5.10 Å². The van der Waals surface area contributed by atoms with E-state index < -0.39 is 0 Å². The molecule has 0 aromatic carbocycles. The van der Waals surface area contributed by atoms with Gasteiger partial charge in [0.2, 0.25) is 0 Å². The summed E-state index contributed by atoms with van der Waals surface area (Å²) in [6.07, 6.45) is 6.11. The Bertz CT molecular complexity index is 539. The maximum atomic E-state index is 12.0.